The largest absolute Gasteiger partial charge is 0.497 e. The fourth-order valence-corrected chi connectivity index (χ4v) is 4.03. The van der Waals surface area contributed by atoms with Gasteiger partial charge >= 0.3 is 0 Å². The summed E-state index contributed by atoms with van der Waals surface area (Å²) in [7, 11) is 3.15. The first-order valence-electron chi connectivity index (χ1n) is 9.85. The number of anilines is 1. The maximum atomic E-state index is 13.8. The number of ether oxygens (including phenoxy) is 2. The predicted octanol–water partition coefficient (Wildman–Crippen LogP) is 3.97. The number of amides is 1. The lowest BCUT2D eigenvalue weighted by Crippen LogP contribution is -2.27. The first-order valence-corrected chi connectivity index (χ1v) is 9.85. The molecule has 0 spiro atoms. The Morgan fingerprint density at radius 3 is 2.83 bits per heavy atom. The average Bonchev–Trinajstić information content (AvgIpc) is 3.39. The molecule has 1 unspecified atom stereocenters. The monoisotopic (exact) mass is 409 g/mol. The van der Waals surface area contributed by atoms with Crippen molar-refractivity contribution in [2.24, 2.45) is 5.92 Å². The molecule has 2 heterocycles. The molecule has 0 radical (unpaired) electrons. The van der Waals surface area contributed by atoms with Crippen LogP contribution >= 0.6 is 0 Å². The summed E-state index contributed by atoms with van der Waals surface area (Å²) >= 11 is 0. The van der Waals surface area contributed by atoms with E-state index in [1.807, 2.05) is 24.4 Å². The molecule has 3 aromatic rings. The standard InChI is InChI=1S/C23H24FN3O3/c1-29-14-17-10-20(3-4-22(17)18-12-25-26-13-18)27-6-5-16(23(27)28)7-15-8-19(24)11-21(9-15)30-2/h3-4,8-13,16H,5-7,14H2,1-2H3,(H,25,26). The van der Waals surface area contributed by atoms with Crippen molar-refractivity contribution in [3.8, 4) is 16.9 Å². The number of carbonyl (C=O) groups excluding carboxylic acids is 1. The number of H-pyrrole nitrogens is 1. The second-order valence-corrected chi connectivity index (χ2v) is 7.44. The fraction of sp³-hybridized carbons (Fsp3) is 0.304. The first-order chi connectivity index (χ1) is 14.6. The molecule has 1 N–H and O–H groups in total. The number of rotatable bonds is 7. The average molecular weight is 409 g/mol. The molecule has 0 aliphatic carbocycles. The Morgan fingerprint density at radius 2 is 2.10 bits per heavy atom. The Kier molecular flexibility index (Phi) is 5.81. The van der Waals surface area contributed by atoms with E-state index in [0.717, 1.165) is 34.4 Å². The second-order valence-electron chi connectivity index (χ2n) is 7.44. The topological polar surface area (TPSA) is 67.5 Å². The normalized spacial score (nSPS) is 16.3. The summed E-state index contributed by atoms with van der Waals surface area (Å²) in [6.45, 7) is 1.07. The molecule has 1 aromatic heterocycles. The number of nitrogens with one attached hydrogen (secondary N) is 1. The maximum Gasteiger partial charge on any atom is 0.230 e. The van der Waals surface area contributed by atoms with E-state index in [2.05, 4.69) is 10.2 Å². The molecule has 0 bridgehead atoms. The van der Waals surface area contributed by atoms with Crippen molar-refractivity contribution >= 4 is 11.6 Å². The number of nitrogens with zero attached hydrogens (tertiary/aromatic N) is 2. The zero-order valence-electron chi connectivity index (χ0n) is 17.0. The molecule has 2 aromatic carbocycles. The number of aromatic nitrogens is 2. The van der Waals surface area contributed by atoms with Gasteiger partial charge in [0.1, 0.15) is 11.6 Å². The Balaban J connectivity index is 1.55. The smallest absolute Gasteiger partial charge is 0.230 e. The minimum Gasteiger partial charge on any atom is -0.497 e. The Morgan fingerprint density at radius 1 is 1.23 bits per heavy atom. The van der Waals surface area contributed by atoms with Crippen LogP contribution in [0.4, 0.5) is 10.1 Å². The summed E-state index contributed by atoms with van der Waals surface area (Å²) < 4.78 is 24.3. The molecule has 1 fully saturated rings. The fourth-order valence-electron chi connectivity index (χ4n) is 4.03. The van der Waals surface area contributed by atoms with Crippen LogP contribution in [0, 0.1) is 11.7 Å². The van der Waals surface area contributed by atoms with Gasteiger partial charge in [-0.1, -0.05) is 6.07 Å². The van der Waals surface area contributed by atoms with Gasteiger partial charge < -0.3 is 14.4 Å². The lowest BCUT2D eigenvalue weighted by Gasteiger charge is -2.19. The molecule has 1 atom stereocenters. The summed E-state index contributed by atoms with van der Waals surface area (Å²) in [5.41, 5.74) is 4.59. The molecule has 4 rings (SSSR count). The maximum absolute atomic E-state index is 13.8. The van der Waals surface area contributed by atoms with Gasteiger partial charge in [-0.05, 0) is 53.8 Å². The van der Waals surface area contributed by atoms with Crippen LogP contribution in [0.15, 0.2) is 48.8 Å². The van der Waals surface area contributed by atoms with Crippen molar-refractivity contribution in [3.63, 3.8) is 0 Å². The van der Waals surface area contributed by atoms with Crippen LogP contribution in [0.25, 0.3) is 11.1 Å². The van der Waals surface area contributed by atoms with Gasteiger partial charge in [0.2, 0.25) is 5.91 Å². The van der Waals surface area contributed by atoms with Crippen LogP contribution in [-0.2, 0) is 22.6 Å². The van der Waals surface area contributed by atoms with Gasteiger partial charge in [-0.2, -0.15) is 5.10 Å². The molecule has 156 valence electrons. The third kappa shape index (κ3) is 4.07. The lowest BCUT2D eigenvalue weighted by molar-refractivity contribution is -0.120. The Hall–Kier alpha value is -3.19. The van der Waals surface area contributed by atoms with Gasteiger partial charge in [0, 0.05) is 43.1 Å². The molecule has 1 saturated heterocycles. The molecule has 7 heteroatoms. The van der Waals surface area contributed by atoms with Gasteiger partial charge in [0.25, 0.3) is 0 Å². The minimum absolute atomic E-state index is 0.0534. The minimum atomic E-state index is -0.356. The third-order valence-corrected chi connectivity index (χ3v) is 5.47. The molecule has 1 aliphatic heterocycles. The number of carbonyl (C=O) groups is 1. The summed E-state index contributed by atoms with van der Waals surface area (Å²) in [4.78, 5) is 14.9. The van der Waals surface area contributed by atoms with Crippen LogP contribution in [0.1, 0.15) is 17.5 Å². The van der Waals surface area contributed by atoms with E-state index < -0.39 is 0 Å². The number of methoxy groups -OCH3 is 2. The second kappa shape index (κ2) is 8.67. The highest BCUT2D eigenvalue weighted by Crippen LogP contribution is 2.32. The number of hydrogen-bond donors (Lipinski definition) is 1. The number of halogens is 1. The van der Waals surface area contributed by atoms with Crippen LogP contribution in [0.2, 0.25) is 0 Å². The van der Waals surface area contributed by atoms with E-state index in [4.69, 9.17) is 9.47 Å². The summed E-state index contributed by atoms with van der Waals surface area (Å²) in [6, 6.07) is 10.5. The van der Waals surface area contributed by atoms with E-state index in [9.17, 15) is 9.18 Å². The third-order valence-electron chi connectivity index (χ3n) is 5.47. The van der Waals surface area contributed by atoms with Gasteiger partial charge in [0.15, 0.2) is 0 Å². The summed E-state index contributed by atoms with van der Waals surface area (Å²) in [6.07, 6.45) is 4.80. The number of aromatic amines is 1. The van der Waals surface area contributed by atoms with Crippen LogP contribution in [0.5, 0.6) is 5.75 Å². The van der Waals surface area contributed by atoms with E-state index in [0.29, 0.717) is 25.3 Å². The van der Waals surface area contributed by atoms with Crippen molar-refractivity contribution in [2.75, 3.05) is 25.7 Å². The molecule has 30 heavy (non-hydrogen) atoms. The molecule has 1 amide bonds. The van der Waals surface area contributed by atoms with Crippen molar-refractivity contribution < 1.29 is 18.7 Å². The van der Waals surface area contributed by atoms with E-state index in [1.54, 1.807) is 24.3 Å². The highest BCUT2D eigenvalue weighted by molar-refractivity contribution is 5.97. The number of hydrogen-bond acceptors (Lipinski definition) is 4. The van der Waals surface area contributed by atoms with Crippen LogP contribution in [-0.4, -0.2) is 36.9 Å². The summed E-state index contributed by atoms with van der Waals surface area (Å²) in [5.74, 6) is -0.0226. The van der Waals surface area contributed by atoms with Gasteiger partial charge in [0.05, 0.1) is 19.9 Å². The molecule has 0 saturated carbocycles. The van der Waals surface area contributed by atoms with Crippen LogP contribution in [0.3, 0.4) is 0 Å². The predicted molar refractivity (Wildman–Crippen MR) is 112 cm³/mol. The summed E-state index contributed by atoms with van der Waals surface area (Å²) in [5, 5.41) is 6.84. The molecular formula is C23H24FN3O3. The molecule has 6 nitrogen and oxygen atoms in total. The highest BCUT2D eigenvalue weighted by Gasteiger charge is 2.33. The zero-order chi connectivity index (χ0) is 21.1. The molecular weight excluding hydrogens is 385 g/mol. The van der Waals surface area contributed by atoms with E-state index in [1.165, 1.54) is 19.2 Å². The first kappa shape index (κ1) is 20.1. The lowest BCUT2D eigenvalue weighted by atomic mass is 9.97. The quantitative estimate of drug-likeness (QED) is 0.641. The van der Waals surface area contributed by atoms with Crippen LogP contribution < -0.4 is 9.64 Å². The van der Waals surface area contributed by atoms with Crippen molar-refractivity contribution in [1.82, 2.24) is 10.2 Å². The highest BCUT2D eigenvalue weighted by atomic mass is 19.1. The van der Waals surface area contributed by atoms with Crippen molar-refractivity contribution in [3.05, 3.63) is 65.7 Å². The van der Waals surface area contributed by atoms with Gasteiger partial charge in [-0.3, -0.25) is 9.89 Å². The SMILES string of the molecule is COCc1cc(N2CCC(Cc3cc(F)cc(OC)c3)C2=O)ccc1-c1cn[nH]c1. The van der Waals surface area contributed by atoms with E-state index >= 15 is 0 Å². The molecule has 1 aliphatic rings. The van der Waals surface area contributed by atoms with Gasteiger partial charge in [-0.15, -0.1) is 0 Å². The number of benzene rings is 2. The zero-order valence-corrected chi connectivity index (χ0v) is 17.0. The van der Waals surface area contributed by atoms with Crippen molar-refractivity contribution in [1.29, 1.82) is 0 Å². The van der Waals surface area contributed by atoms with E-state index in [-0.39, 0.29) is 17.6 Å². The Bertz CT molecular complexity index is 1040. The van der Waals surface area contributed by atoms with Crippen molar-refractivity contribution in [2.45, 2.75) is 19.4 Å². The van der Waals surface area contributed by atoms with Gasteiger partial charge in [-0.25, -0.2) is 4.39 Å². The Labute approximate surface area is 174 Å².